The maximum atomic E-state index is 13.3. The molecule has 3 saturated carbocycles. The molecule has 3 unspecified atom stereocenters. The Morgan fingerprint density at radius 2 is 1.74 bits per heavy atom. The molecule has 4 aliphatic carbocycles. The van der Waals surface area contributed by atoms with Crippen molar-refractivity contribution in [3.8, 4) is 0 Å². The van der Waals surface area contributed by atoms with Crippen LogP contribution in [0.15, 0.2) is 35.8 Å². The molecule has 256 valence electrons. The van der Waals surface area contributed by atoms with Gasteiger partial charge in [-0.05, 0) is 88.7 Å². The van der Waals surface area contributed by atoms with Crippen molar-refractivity contribution in [2.45, 2.75) is 153 Å². The van der Waals surface area contributed by atoms with Gasteiger partial charge in [-0.2, -0.15) is 0 Å². The smallest absolute Gasteiger partial charge is 0.308 e. The van der Waals surface area contributed by atoms with E-state index < -0.39 is 17.1 Å². The molecule has 7 nitrogen and oxygen atoms in total. The molecule has 0 amide bonds. The van der Waals surface area contributed by atoms with E-state index in [0.717, 1.165) is 57.5 Å². The number of allylic oxidation sites excluding steroid dienone is 5. The first-order valence-electron chi connectivity index (χ1n) is 19.0. The number of piperidine rings is 1. The van der Waals surface area contributed by atoms with Crippen LogP contribution in [-0.2, 0) is 23.8 Å². The highest BCUT2D eigenvalue weighted by molar-refractivity contribution is 5.87. The summed E-state index contributed by atoms with van der Waals surface area (Å²) in [5.41, 5.74) is -1.54. The minimum Gasteiger partial charge on any atom is -0.482 e. The number of hydrogen-bond acceptors (Lipinski definition) is 7. The van der Waals surface area contributed by atoms with Crippen LogP contribution in [0.4, 0.5) is 0 Å². The van der Waals surface area contributed by atoms with Crippen LogP contribution in [0, 0.1) is 23.2 Å². The SMILES string of the molecule is CCCCCCCC/C=C/CCCCCCCC(=O)OCOC1=C2O[C@H]3C(=O)CC[C@@]4(O)C5CC(C=C1)C2[C@@]34CCN5CC1CC1. The summed E-state index contributed by atoms with van der Waals surface area (Å²) in [6.07, 6.45) is 29.6. The molecule has 1 spiro atoms. The Morgan fingerprint density at radius 1 is 1.02 bits per heavy atom. The number of carbonyl (C=O) groups excluding carboxylic acids is 2. The first-order chi connectivity index (χ1) is 22.5. The highest BCUT2D eigenvalue weighted by atomic mass is 16.7. The van der Waals surface area contributed by atoms with Crippen LogP contribution in [0.5, 0.6) is 0 Å². The van der Waals surface area contributed by atoms with E-state index in [-0.39, 0.29) is 36.4 Å². The van der Waals surface area contributed by atoms with Gasteiger partial charge in [-0.25, -0.2) is 0 Å². The summed E-state index contributed by atoms with van der Waals surface area (Å²) in [5.74, 6) is 1.99. The van der Waals surface area contributed by atoms with Crippen LogP contribution in [-0.4, -0.2) is 59.4 Å². The summed E-state index contributed by atoms with van der Waals surface area (Å²) in [6.45, 7) is 4.06. The van der Waals surface area contributed by atoms with Crippen molar-refractivity contribution in [2.75, 3.05) is 19.9 Å². The number of carbonyl (C=O) groups is 2. The molecule has 6 aliphatic rings. The molecule has 0 radical (unpaired) electrons. The zero-order valence-corrected chi connectivity index (χ0v) is 28.4. The number of rotatable bonds is 20. The molecule has 7 heteroatoms. The number of likely N-dealkylation sites (tertiary alicyclic amines) is 1. The van der Waals surface area contributed by atoms with Crippen LogP contribution in [0.3, 0.4) is 0 Å². The van der Waals surface area contributed by atoms with Gasteiger partial charge >= 0.3 is 5.97 Å². The van der Waals surface area contributed by atoms with E-state index in [1.54, 1.807) is 0 Å². The molecule has 2 heterocycles. The van der Waals surface area contributed by atoms with E-state index in [2.05, 4.69) is 30.1 Å². The standard InChI is InChI=1S/C39H59NO6/c1-2-3-4-5-6-7-8-9-10-11-12-13-14-15-16-17-34(42)45-28-44-32-21-20-30-26-33-39(43)23-22-31(41)37-38(39,35(30)36(32)46-37)24-25-40(33)27-29-18-19-29/h9-10,20-21,29-30,33,35,37,43H,2-8,11-19,22-28H2,1H3/b10-9+/t30?,33?,35?,37-,38-,39+/m0/s1. The molecular formula is C39H59NO6. The lowest BCUT2D eigenvalue weighted by Crippen LogP contribution is -2.76. The number of hydrogen-bond donors (Lipinski definition) is 1. The maximum Gasteiger partial charge on any atom is 0.308 e. The fraction of sp³-hybridized carbons (Fsp3) is 0.795. The van der Waals surface area contributed by atoms with E-state index in [1.807, 2.05) is 6.08 Å². The lowest BCUT2D eigenvalue weighted by molar-refractivity contribution is -0.244. The highest BCUT2D eigenvalue weighted by Gasteiger charge is 2.77. The number of ketones is 1. The highest BCUT2D eigenvalue weighted by Crippen LogP contribution is 2.69. The summed E-state index contributed by atoms with van der Waals surface area (Å²) in [6, 6.07) is 0.0614. The molecule has 0 aromatic rings. The third kappa shape index (κ3) is 7.02. The van der Waals surface area contributed by atoms with E-state index in [9.17, 15) is 14.7 Å². The average molecular weight is 638 g/mol. The molecule has 46 heavy (non-hydrogen) atoms. The van der Waals surface area contributed by atoms with Gasteiger partial charge in [0.15, 0.2) is 17.6 Å². The van der Waals surface area contributed by atoms with Crippen molar-refractivity contribution in [1.82, 2.24) is 4.90 Å². The molecule has 0 aromatic carbocycles. The second-order valence-corrected chi connectivity index (χ2v) is 15.2. The summed E-state index contributed by atoms with van der Waals surface area (Å²) in [4.78, 5) is 28.3. The van der Waals surface area contributed by atoms with Gasteiger partial charge in [-0.3, -0.25) is 14.5 Å². The van der Waals surface area contributed by atoms with Gasteiger partial charge in [0.2, 0.25) is 6.79 Å². The Balaban J connectivity index is 0.907. The number of ether oxygens (including phenoxy) is 3. The van der Waals surface area contributed by atoms with Gasteiger partial charge < -0.3 is 19.3 Å². The van der Waals surface area contributed by atoms with Crippen LogP contribution in [0.25, 0.3) is 0 Å². The molecule has 6 atom stereocenters. The van der Waals surface area contributed by atoms with Gasteiger partial charge in [0, 0.05) is 31.3 Å². The van der Waals surface area contributed by atoms with Gasteiger partial charge in [-0.1, -0.05) is 76.5 Å². The normalized spacial score (nSPS) is 33.0. The van der Waals surface area contributed by atoms with Crippen molar-refractivity contribution in [2.24, 2.45) is 23.2 Å². The maximum absolute atomic E-state index is 13.3. The fourth-order valence-corrected chi connectivity index (χ4v) is 9.54. The zero-order chi connectivity index (χ0) is 32.0. The summed E-state index contributed by atoms with van der Waals surface area (Å²) in [5, 5.41) is 12.5. The fourth-order valence-electron chi connectivity index (χ4n) is 9.54. The van der Waals surface area contributed by atoms with Crippen molar-refractivity contribution in [3.63, 3.8) is 0 Å². The Kier molecular flexibility index (Phi) is 11.3. The first kappa shape index (κ1) is 33.8. The van der Waals surface area contributed by atoms with Crippen LogP contribution in [0.2, 0.25) is 0 Å². The van der Waals surface area contributed by atoms with Gasteiger partial charge in [0.1, 0.15) is 5.76 Å². The molecule has 6 rings (SSSR count). The Morgan fingerprint density at radius 3 is 2.48 bits per heavy atom. The van der Waals surface area contributed by atoms with Crippen LogP contribution >= 0.6 is 0 Å². The predicted octanol–water partition coefficient (Wildman–Crippen LogP) is 7.92. The van der Waals surface area contributed by atoms with Crippen molar-refractivity contribution < 1.29 is 28.9 Å². The third-order valence-corrected chi connectivity index (χ3v) is 12.1. The quantitative estimate of drug-likeness (QED) is 0.0628. The third-order valence-electron chi connectivity index (χ3n) is 12.1. The van der Waals surface area contributed by atoms with Gasteiger partial charge in [-0.15, -0.1) is 0 Å². The first-order valence-corrected chi connectivity index (χ1v) is 19.0. The molecule has 1 N–H and O–H groups in total. The molecule has 2 aliphatic heterocycles. The number of nitrogens with zero attached hydrogens (tertiary/aromatic N) is 1. The summed E-state index contributed by atoms with van der Waals surface area (Å²) >= 11 is 0. The summed E-state index contributed by atoms with van der Waals surface area (Å²) < 4.78 is 18.0. The van der Waals surface area contributed by atoms with Crippen molar-refractivity contribution in [3.05, 3.63) is 35.8 Å². The second kappa shape index (κ2) is 15.4. The van der Waals surface area contributed by atoms with Gasteiger partial charge in [0.25, 0.3) is 0 Å². The minimum atomic E-state index is -0.936. The minimum absolute atomic E-state index is 0.0614. The predicted molar refractivity (Wildman–Crippen MR) is 178 cm³/mol. The van der Waals surface area contributed by atoms with E-state index in [1.165, 1.54) is 70.6 Å². The molecule has 2 saturated heterocycles. The number of aliphatic hydroxyl groups is 1. The Bertz CT molecular complexity index is 1160. The van der Waals surface area contributed by atoms with E-state index in [4.69, 9.17) is 14.2 Å². The number of Topliss-reactive ketones (excluding diaryl/α,β-unsaturated/α-hetero) is 1. The van der Waals surface area contributed by atoms with Crippen LogP contribution in [0.1, 0.15) is 135 Å². The number of unbranched alkanes of at least 4 members (excludes halogenated alkanes) is 11. The monoisotopic (exact) mass is 637 g/mol. The molecule has 5 fully saturated rings. The molecule has 0 aromatic heterocycles. The van der Waals surface area contributed by atoms with E-state index >= 15 is 0 Å². The van der Waals surface area contributed by atoms with Crippen molar-refractivity contribution >= 4 is 11.8 Å². The van der Waals surface area contributed by atoms with Crippen LogP contribution < -0.4 is 0 Å². The van der Waals surface area contributed by atoms with E-state index in [0.29, 0.717) is 30.8 Å². The topological polar surface area (TPSA) is 85.3 Å². The Hall–Kier alpha value is -2.12. The number of esters is 1. The lowest BCUT2D eigenvalue weighted by Gasteiger charge is -2.65. The lowest BCUT2D eigenvalue weighted by atomic mass is 9.44. The molecule has 2 bridgehead atoms. The second-order valence-electron chi connectivity index (χ2n) is 15.2. The Labute approximate surface area is 277 Å². The van der Waals surface area contributed by atoms with Crippen molar-refractivity contribution in [1.29, 1.82) is 0 Å². The van der Waals surface area contributed by atoms with Gasteiger partial charge in [0.05, 0.1) is 11.0 Å². The zero-order valence-electron chi connectivity index (χ0n) is 28.4. The molecular weight excluding hydrogens is 578 g/mol. The summed E-state index contributed by atoms with van der Waals surface area (Å²) in [7, 11) is 0. The largest absolute Gasteiger partial charge is 0.482 e. The average Bonchev–Trinajstić information content (AvgIpc) is 3.79.